The fraction of sp³-hybridized carbons (Fsp3) is 0.143. The zero-order chi connectivity index (χ0) is 5.54. The highest BCUT2D eigenvalue weighted by Gasteiger charge is 1.60. The molecule has 0 aromatic heterocycles. The molecule has 0 unspecified atom stereocenters. The van der Waals surface area contributed by atoms with Crippen molar-refractivity contribution in [2.45, 2.75) is 6.42 Å². The Kier molecular flexibility index (Phi) is 4.64. The van der Waals surface area contributed by atoms with E-state index in [1.54, 1.807) is 6.08 Å². The van der Waals surface area contributed by atoms with Gasteiger partial charge in [0, 0.05) is 0 Å². The van der Waals surface area contributed by atoms with Crippen molar-refractivity contribution in [1.82, 2.24) is 0 Å². The van der Waals surface area contributed by atoms with E-state index >= 15 is 0 Å². The first-order valence-corrected chi connectivity index (χ1v) is 2.21. The van der Waals surface area contributed by atoms with E-state index in [1.807, 2.05) is 12.2 Å². The minimum atomic E-state index is 0.881. The van der Waals surface area contributed by atoms with Crippen LogP contribution in [-0.2, 0) is 0 Å². The van der Waals surface area contributed by atoms with Crippen LogP contribution in [0.1, 0.15) is 6.42 Å². The van der Waals surface area contributed by atoms with Crippen molar-refractivity contribution >= 4 is 0 Å². The summed E-state index contributed by atoms with van der Waals surface area (Å²) in [5, 5.41) is 0. The van der Waals surface area contributed by atoms with Crippen LogP contribution in [0.5, 0.6) is 0 Å². The van der Waals surface area contributed by atoms with Crippen molar-refractivity contribution in [2.75, 3.05) is 0 Å². The van der Waals surface area contributed by atoms with E-state index in [0.29, 0.717) is 0 Å². The summed E-state index contributed by atoms with van der Waals surface area (Å²) in [5.41, 5.74) is 0. The molecule has 0 saturated carbocycles. The molecule has 0 amide bonds. The predicted molar refractivity (Wildman–Crippen MR) is 32.8 cm³/mol. The van der Waals surface area contributed by atoms with E-state index < -0.39 is 0 Å². The molecule has 1 radical (unpaired) electrons. The van der Waals surface area contributed by atoms with Gasteiger partial charge >= 0.3 is 0 Å². The summed E-state index contributed by atoms with van der Waals surface area (Å²) >= 11 is 0. The minimum absolute atomic E-state index is 0.881. The summed E-state index contributed by atoms with van der Waals surface area (Å²) in [5.74, 6) is 0. The summed E-state index contributed by atoms with van der Waals surface area (Å²) in [6.45, 7) is 6.98. The second kappa shape index (κ2) is 5.22. The molecule has 0 nitrogen and oxygen atoms in total. The Bertz CT molecular complexity index is 78.0. The lowest BCUT2D eigenvalue weighted by Gasteiger charge is -1.70. The van der Waals surface area contributed by atoms with Crippen LogP contribution in [0.4, 0.5) is 0 Å². The summed E-state index contributed by atoms with van der Waals surface area (Å²) in [6, 6.07) is 0. The molecule has 0 fully saturated rings. The molecule has 0 aromatic rings. The van der Waals surface area contributed by atoms with Crippen LogP contribution in [-0.4, -0.2) is 0 Å². The Labute approximate surface area is 44.9 Å². The maximum atomic E-state index is 3.53. The van der Waals surface area contributed by atoms with E-state index in [2.05, 4.69) is 19.2 Å². The van der Waals surface area contributed by atoms with Crippen LogP contribution in [0.25, 0.3) is 0 Å². The topological polar surface area (TPSA) is 0 Å². The quantitative estimate of drug-likeness (QED) is 0.370. The Morgan fingerprint density at radius 1 is 1.43 bits per heavy atom. The third-order valence-corrected chi connectivity index (χ3v) is 0.520. The van der Waals surface area contributed by atoms with Gasteiger partial charge in [0.25, 0.3) is 0 Å². The predicted octanol–water partition coefficient (Wildman–Crippen LogP) is 2.11. The summed E-state index contributed by atoms with van der Waals surface area (Å²) in [6.07, 6.45) is 9.02. The molecule has 0 heteroatoms. The highest BCUT2D eigenvalue weighted by atomic mass is 13.7. The fourth-order valence-electron chi connectivity index (χ4n) is 0.235. The largest absolute Gasteiger partial charge is 0.103 e. The molecule has 37 valence electrons. The molecule has 0 saturated heterocycles. The lowest BCUT2D eigenvalue weighted by Crippen LogP contribution is -1.51. The molecule has 0 aliphatic rings. The Morgan fingerprint density at radius 2 is 2.14 bits per heavy atom. The van der Waals surface area contributed by atoms with Crippen molar-refractivity contribution in [3.8, 4) is 0 Å². The molecular formula is C7H9. The van der Waals surface area contributed by atoms with Gasteiger partial charge in [-0.2, -0.15) is 0 Å². The second-order valence-electron chi connectivity index (χ2n) is 1.10. The van der Waals surface area contributed by atoms with E-state index in [-0.39, 0.29) is 0 Å². The van der Waals surface area contributed by atoms with Crippen molar-refractivity contribution < 1.29 is 0 Å². The maximum absolute atomic E-state index is 3.53. The van der Waals surface area contributed by atoms with E-state index in [1.165, 1.54) is 0 Å². The van der Waals surface area contributed by atoms with Gasteiger partial charge in [0.15, 0.2) is 0 Å². The molecule has 0 atom stereocenters. The molecule has 0 aromatic carbocycles. The molecule has 0 rings (SSSR count). The first-order valence-electron chi connectivity index (χ1n) is 2.21. The highest BCUT2D eigenvalue weighted by molar-refractivity contribution is 4.91. The summed E-state index contributed by atoms with van der Waals surface area (Å²) < 4.78 is 0. The van der Waals surface area contributed by atoms with Gasteiger partial charge < -0.3 is 0 Å². The lowest BCUT2D eigenvalue weighted by atomic mass is 10.4. The molecule has 0 N–H and O–H groups in total. The lowest BCUT2D eigenvalue weighted by molar-refractivity contribution is 1.40. The SMILES string of the molecule is C=C/[C]=C/CC=C. The van der Waals surface area contributed by atoms with Crippen LogP contribution in [0.15, 0.2) is 31.4 Å². The van der Waals surface area contributed by atoms with Gasteiger partial charge in [-0.05, 0) is 12.5 Å². The van der Waals surface area contributed by atoms with Gasteiger partial charge in [0.1, 0.15) is 0 Å². The first kappa shape index (κ1) is 6.22. The zero-order valence-corrected chi connectivity index (χ0v) is 4.35. The second-order valence-corrected chi connectivity index (χ2v) is 1.10. The van der Waals surface area contributed by atoms with E-state index in [9.17, 15) is 0 Å². The normalized spacial score (nSPS) is 9.14. The monoisotopic (exact) mass is 93.1 g/mol. The van der Waals surface area contributed by atoms with Crippen LogP contribution < -0.4 is 0 Å². The molecule has 0 spiro atoms. The zero-order valence-electron chi connectivity index (χ0n) is 4.35. The van der Waals surface area contributed by atoms with Crippen molar-refractivity contribution in [3.63, 3.8) is 0 Å². The molecular weight excluding hydrogens is 84.1 g/mol. The highest BCUT2D eigenvalue weighted by Crippen LogP contribution is 1.79. The van der Waals surface area contributed by atoms with Gasteiger partial charge in [0.2, 0.25) is 0 Å². The maximum Gasteiger partial charge on any atom is -0.0163 e. The average Bonchev–Trinajstić information content (AvgIpc) is 1.69. The molecule has 0 aliphatic heterocycles. The number of hydrogen-bond acceptors (Lipinski definition) is 0. The van der Waals surface area contributed by atoms with Gasteiger partial charge in [-0.1, -0.05) is 24.8 Å². The molecule has 0 bridgehead atoms. The standard InChI is InChI=1S/C7H9/c1-3-5-7-6-4-2/h3-4,7H,1-2,5H2. The summed E-state index contributed by atoms with van der Waals surface area (Å²) in [7, 11) is 0. The third kappa shape index (κ3) is 5.22. The van der Waals surface area contributed by atoms with Gasteiger partial charge in [-0.15, -0.1) is 6.58 Å². The van der Waals surface area contributed by atoms with Crippen molar-refractivity contribution in [3.05, 3.63) is 37.5 Å². The van der Waals surface area contributed by atoms with Crippen molar-refractivity contribution in [2.24, 2.45) is 0 Å². The number of hydrogen-bond donors (Lipinski definition) is 0. The van der Waals surface area contributed by atoms with Gasteiger partial charge in [-0.25, -0.2) is 0 Å². The molecule has 0 heterocycles. The van der Waals surface area contributed by atoms with Crippen molar-refractivity contribution in [1.29, 1.82) is 0 Å². The fourth-order valence-corrected chi connectivity index (χ4v) is 0.235. The van der Waals surface area contributed by atoms with Crippen LogP contribution in [0.2, 0.25) is 0 Å². The van der Waals surface area contributed by atoms with Gasteiger partial charge in [-0.3, -0.25) is 0 Å². The average molecular weight is 93.1 g/mol. The minimum Gasteiger partial charge on any atom is -0.103 e. The Hall–Kier alpha value is -0.780. The molecule has 7 heavy (non-hydrogen) atoms. The number of allylic oxidation sites excluding steroid dienone is 4. The summed E-state index contributed by atoms with van der Waals surface area (Å²) in [4.78, 5) is 0. The molecule has 0 aliphatic carbocycles. The smallest absolute Gasteiger partial charge is 0.0163 e. The third-order valence-electron chi connectivity index (χ3n) is 0.520. The van der Waals surface area contributed by atoms with E-state index in [4.69, 9.17) is 0 Å². The Morgan fingerprint density at radius 3 is 2.57 bits per heavy atom. The van der Waals surface area contributed by atoms with Crippen LogP contribution in [0, 0.1) is 6.08 Å². The van der Waals surface area contributed by atoms with Gasteiger partial charge in [0.05, 0.1) is 0 Å². The number of rotatable bonds is 3. The van der Waals surface area contributed by atoms with E-state index in [0.717, 1.165) is 6.42 Å². The van der Waals surface area contributed by atoms with Crippen LogP contribution >= 0.6 is 0 Å². The first-order chi connectivity index (χ1) is 3.41. The Balaban J connectivity index is 3.08. The van der Waals surface area contributed by atoms with Crippen LogP contribution in [0.3, 0.4) is 0 Å².